The van der Waals surface area contributed by atoms with Crippen molar-refractivity contribution in [1.29, 1.82) is 0 Å². The van der Waals surface area contributed by atoms with E-state index in [1.807, 2.05) is 6.07 Å². The van der Waals surface area contributed by atoms with E-state index in [2.05, 4.69) is 15.2 Å². The molecule has 0 amide bonds. The van der Waals surface area contributed by atoms with Crippen LogP contribution in [0.1, 0.15) is 0 Å². The molecule has 1 heterocycles. The van der Waals surface area contributed by atoms with Crippen LogP contribution < -0.4 is 0 Å². The van der Waals surface area contributed by atoms with Gasteiger partial charge in [0.05, 0.1) is 6.20 Å². The average molecular weight is 175 g/mol. The van der Waals surface area contributed by atoms with E-state index in [0.717, 1.165) is 0 Å². The second kappa shape index (κ2) is 5.65. The van der Waals surface area contributed by atoms with E-state index in [4.69, 9.17) is 5.11 Å². The van der Waals surface area contributed by atoms with E-state index < -0.39 is 0 Å². The zero-order valence-electron chi connectivity index (χ0n) is 6.91. The molecular formula is C9H9N3O. The smallest absolute Gasteiger partial charge is 0.138 e. The summed E-state index contributed by atoms with van der Waals surface area (Å²) in [6.07, 6.45) is 4.49. The van der Waals surface area contributed by atoms with Crippen LogP contribution in [0.15, 0.2) is 49.1 Å². The summed E-state index contributed by atoms with van der Waals surface area (Å²) in [6, 6.07) is 8.71. The fraction of sp³-hybridized carbons (Fsp3) is 0. The third-order valence-electron chi connectivity index (χ3n) is 1.16. The molecule has 2 aromatic rings. The SMILES string of the molecule is Oc1ccccc1.c1cnncn1. The molecule has 0 saturated heterocycles. The lowest BCUT2D eigenvalue weighted by Gasteiger charge is -1.82. The number of nitrogens with zero attached hydrogens (tertiary/aromatic N) is 3. The molecule has 0 aliphatic heterocycles. The summed E-state index contributed by atoms with van der Waals surface area (Å²) >= 11 is 0. The van der Waals surface area contributed by atoms with Gasteiger partial charge in [-0.2, -0.15) is 5.10 Å². The highest BCUT2D eigenvalue weighted by atomic mass is 16.3. The van der Waals surface area contributed by atoms with Crippen LogP contribution in [0.4, 0.5) is 0 Å². The molecular weight excluding hydrogens is 166 g/mol. The molecule has 0 spiro atoms. The quantitative estimate of drug-likeness (QED) is 0.654. The minimum Gasteiger partial charge on any atom is -0.508 e. The molecule has 0 fully saturated rings. The Hall–Kier alpha value is -1.97. The van der Waals surface area contributed by atoms with Gasteiger partial charge in [-0.05, 0) is 12.1 Å². The second-order valence-electron chi connectivity index (χ2n) is 2.13. The number of aromatic nitrogens is 3. The van der Waals surface area contributed by atoms with Gasteiger partial charge in [-0.15, -0.1) is 5.10 Å². The van der Waals surface area contributed by atoms with Gasteiger partial charge in [0.25, 0.3) is 0 Å². The predicted octanol–water partition coefficient (Wildman–Crippen LogP) is 1.26. The maximum Gasteiger partial charge on any atom is 0.138 e. The summed E-state index contributed by atoms with van der Waals surface area (Å²) in [6.45, 7) is 0. The molecule has 2 rings (SSSR count). The van der Waals surface area contributed by atoms with Crippen molar-refractivity contribution in [3.05, 3.63) is 49.1 Å². The number of aromatic hydroxyl groups is 1. The van der Waals surface area contributed by atoms with E-state index >= 15 is 0 Å². The Labute approximate surface area is 75.9 Å². The highest BCUT2D eigenvalue weighted by Crippen LogP contribution is 2.02. The summed E-state index contributed by atoms with van der Waals surface area (Å²) in [4.78, 5) is 3.61. The Balaban J connectivity index is 0.000000132. The largest absolute Gasteiger partial charge is 0.508 e. The maximum absolute atomic E-state index is 8.63. The Morgan fingerprint density at radius 2 is 1.69 bits per heavy atom. The van der Waals surface area contributed by atoms with Gasteiger partial charge in [0.15, 0.2) is 0 Å². The number of benzene rings is 1. The number of phenols is 1. The first-order valence-corrected chi connectivity index (χ1v) is 3.70. The number of hydrogen-bond acceptors (Lipinski definition) is 4. The molecule has 1 aromatic carbocycles. The maximum atomic E-state index is 8.63. The van der Waals surface area contributed by atoms with Crippen molar-refractivity contribution in [2.45, 2.75) is 0 Å². The topological polar surface area (TPSA) is 58.9 Å². The van der Waals surface area contributed by atoms with E-state index in [1.54, 1.807) is 30.5 Å². The van der Waals surface area contributed by atoms with Gasteiger partial charge in [0.2, 0.25) is 0 Å². The van der Waals surface area contributed by atoms with Crippen molar-refractivity contribution in [1.82, 2.24) is 15.2 Å². The molecule has 0 unspecified atom stereocenters. The van der Waals surface area contributed by atoms with Gasteiger partial charge < -0.3 is 5.11 Å². The minimum absolute atomic E-state index is 0.322. The van der Waals surface area contributed by atoms with Crippen molar-refractivity contribution in [3.8, 4) is 5.75 Å². The first-order chi connectivity index (χ1) is 6.39. The molecule has 4 heteroatoms. The summed E-state index contributed by atoms with van der Waals surface area (Å²) in [5.41, 5.74) is 0. The van der Waals surface area contributed by atoms with Crippen molar-refractivity contribution < 1.29 is 5.11 Å². The third kappa shape index (κ3) is 4.47. The fourth-order valence-corrected chi connectivity index (χ4v) is 0.633. The van der Waals surface area contributed by atoms with Gasteiger partial charge in [-0.25, -0.2) is 4.98 Å². The average Bonchev–Trinajstić information content (AvgIpc) is 2.22. The van der Waals surface area contributed by atoms with Crippen molar-refractivity contribution >= 4 is 0 Å². The normalized spacial score (nSPS) is 8.31. The van der Waals surface area contributed by atoms with Crippen molar-refractivity contribution in [2.24, 2.45) is 0 Å². The monoisotopic (exact) mass is 175 g/mol. The van der Waals surface area contributed by atoms with Crippen molar-refractivity contribution in [2.75, 3.05) is 0 Å². The van der Waals surface area contributed by atoms with E-state index in [1.165, 1.54) is 12.5 Å². The first-order valence-electron chi connectivity index (χ1n) is 3.70. The highest BCUT2D eigenvalue weighted by Gasteiger charge is 1.74. The van der Waals surface area contributed by atoms with Gasteiger partial charge in [-0.1, -0.05) is 18.2 Å². The Bertz CT molecular complexity index is 285. The molecule has 1 aromatic heterocycles. The summed E-state index contributed by atoms with van der Waals surface area (Å²) in [7, 11) is 0. The molecule has 1 N–H and O–H groups in total. The third-order valence-corrected chi connectivity index (χ3v) is 1.16. The van der Waals surface area contributed by atoms with Crippen molar-refractivity contribution in [3.63, 3.8) is 0 Å². The van der Waals surface area contributed by atoms with E-state index in [9.17, 15) is 0 Å². The number of phenolic OH excluding ortho intramolecular Hbond substituents is 1. The van der Waals surface area contributed by atoms with Crippen LogP contribution >= 0.6 is 0 Å². The van der Waals surface area contributed by atoms with Crippen LogP contribution in [0, 0.1) is 0 Å². The van der Waals surface area contributed by atoms with Crippen LogP contribution in [0.3, 0.4) is 0 Å². The number of para-hydroxylation sites is 1. The van der Waals surface area contributed by atoms with Gasteiger partial charge in [0, 0.05) is 6.20 Å². The van der Waals surface area contributed by atoms with E-state index in [0.29, 0.717) is 5.75 Å². The molecule has 13 heavy (non-hydrogen) atoms. The lowest BCUT2D eigenvalue weighted by Crippen LogP contribution is -1.75. The number of hydrogen-bond donors (Lipinski definition) is 1. The predicted molar refractivity (Wildman–Crippen MR) is 47.9 cm³/mol. The van der Waals surface area contributed by atoms with Crippen LogP contribution in [0.2, 0.25) is 0 Å². The first kappa shape index (κ1) is 9.12. The second-order valence-corrected chi connectivity index (χ2v) is 2.13. The lowest BCUT2D eigenvalue weighted by molar-refractivity contribution is 0.475. The molecule has 0 radical (unpaired) electrons. The van der Waals surface area contributed by atoms with Crippen LogP contribution in [0.25, 0.3) is 0 Å². The van der Waals surface area contributed by atoms with E-state index in [-0.39, 0.29) is 0 Å². The Morgan fingerprint density at radius 3 is 1.92 bits per heavy atom. The molecule has 0 bridgehead atoms. The Morgan fingerprint density at radius 1 is 0.923 bits per heavy atom. The molecule has 0 aliphatic carbocycles. The molecule has 0 atom stereocenters. The van der Waals surface area contributed by atoms with Crippen LogP contribution in [-0.2, 0) is 0 Å². The zero-order chi connectivity index (χ0) is 9.36. The summed E-state index contributed by atoms with van der Waals surface area (Å²) in [5, 5.41) is 15.5. The van der Waals surface area contributed by atoms with Gasteiger partial charge in [0.1, 0.15) is 12.1 Å². The highest BCUT2D eigenvalue weighted by molar-refractivity contribution is 5.18. The summed E-state index contributed by atoms with van der Waals surface area (Å²) in [5.74, 6) is 0.322. The van der Waals surface area contributed by atoms with Crippen LogP contribution in [0.5, 0.6) is 5.75 Å². The fourth-order valence-electron chi connectivity index (χ4n) is 0.633. The van der Waals surface area contributed by atoms with Crippen LogP contribution in [-0.4, -0.2) is 20.3 Å². The van der Waals surface area contributed by atoms with Gasteiger partial charge in [-0.3, -0.25) is 0 Å². The molecule has 0 aliphatic rings. The minimum atomic E-state index is 0.322. The standard InChI is InChI=1S/C6H6O.C3H3N3/c7-6-4-2-1-3-5-6;1-2-5-6-3-4-1/h1-5,7H;1-3H. The Kier molecular flexibility index (Phi) is 3.96. The number of rotatable bonds is 0. The molecule has 4 nitrogen and oxygen atoms in total. The molecule has 0 saturated carbocycles. The summed E-state index contributed by atoms with van der Waals surface area (Å²) < 4.78 is 0. The lowest BCUT2D eigenvalue weighted by atomic mass is 10.3. The molecule has 66 valence electrons. The van der Waals surface area contributed by atoms with Gasteiger partial charge >= 0.3 is 0 Å². The zero-order valence-corrected chi connectivity index (χ0v) is 6.91.